The van der Waals surface area contributed by atoms with E-state index in [0.29, 0.717) is 0 Å². The average Bonchev–Trinajstić information content (AvgIpc) is 2.51. The second kappa shape index (κ2) is 4.66. The Bertz CT molecular complexity index is 785. The van der Waals surface area contributed by atoms with Gasteiger partial charge in [0, 0.05) is 17.2 Å². The number of ether oxygens (including phenoxy) is 2. The summed E-state index contributed by atoms with van der Waals surface area (Å²) < 4.78 is 23.9. The maximum absolute atomic E-state index is 13.9. The van der Waals surface area contributed by atoms with Gasteiger partial charge in [0.05, 0.1) is 25.3 Å². The summed E-state index contributed by atoms with van der Waals surface area (Å²) in [6.45, 7) is 0. The number of carbonyl (C=O) groups is 2. The number of benzene rings is 1. The normalized spacial score (nSPS) is 12.7. The van der Waals surface area contributed by atoms with Gasteiger partial charge in [-0.15, -0.1) is 0 Å². The number of methoxy groups -OCH3 is 2. The van der Waals surface area contributed by atoms with Gasteiger partial charge in [0.25, 0.3) is 0 Å². The molecule has 0 radical (unpaired) electrons. The number of carbonyl (C=O) groups excluding carboxylic acids is 2. The van der Waals surface area contributed by atoms with Crippen LogP contribution in [-0.2, 0) is 0 Å². The first-order valence-corrected chi connectivity index (χ1v) is 6.09. The Kier molecular flexibility index (Phi) is 2.94. The van der Waals surface area contributed by atoms with E-state index >= 15 is 0 Å². The molecule has 0 saturated carbocycles. The van der Waals surface area contributed by atoms with Crippen LogP contribution in [0.3, 0.4) is 0 Å². The topological polar surface area (TPSA) is 65.5 Å². The minimum atomic E-state index is -0.730. The first-order chi connectivity index (χ1) is 10.1. The molecule has 1 aromatic heterocycles. The van der Waals surface area contributed by atoms with Crippen LogP contribution in [0.2, 0.25) is 0 Å². The number of nitrogens with zero attached hydrogens (tertiary/aromatic N) is 1. The number of aromatic nitrogens is 1. The van der Waals surface area contributed by atoms with Gasteiger partial charge >= 0.3 is 0 Å². The highest BCUT2D eigenvalue weighted by Gasteiger charge is 2.35. The quantitative estimate of drug-likeness (QED) is 0.721. The summed E-state index contributed by atoms with van der Waals surface area (Å²) in [6.07, 6.45) is 0. The predicted molar refractivity (Wildman–Crippen MR) is 70.6 cm³/mol. The van der Waals surface area contributed by atoms with Crippen LogP contribution >= 0.6 is 0 Å². The minimum Gasteiger partial charge on any atom is -0.481 e. The molecule has 2 aromatic rings. The number of rotatable bonds is 2. The lowest BCUT2D eigenvalue weighted by Gasteiger charge is -2.19. The van der Waals surface area contributed by atoms with Gasteiger partial charge in [0.15, 0.2) is 11.6 Å². The first-order valence-electron chi connectivity index (χ1n) is 6.09. The van der Waals surface area contributed by atoms with Crippen LogP contribution < -0.4 is 9.47 Å². The van der Waals surface area contributed by atoms with Crippen molar-refractivity contribution in [3.63, 3.8) is 0 Å². The Labute approximate surface area is 119 Å². The third-order valence-corrected chi connectivity index (χ3v) is 3.32. The molecule has 1 aliphatic carbocycles. The third kappa shape index (κ3) is 1.79. The Balaban J connectivity index is 2.35. The van der Waals surface area contributed by atoms with Crippen molar-refractivity contribution in [2.24, 2.45) is 0 Å². The van der Waals surface area contributed by atoms with E-state index in [2.05, 4.69) is 4.98 Å². The lowest BCUT2D eigenvalue weighted by atomic mass is 9.84. The van der Waals surface area contributed by atoms with E-state index in [9.17, 15) is 14.0 Å². The zero-order valence-corrected chi connectivity index (χ0v) is 11.3. The number of hydrogen-bond acceptors (Lipinski definition) is 5. The fourth-order valence-corrected chi connectivity index (χ4v) is 2.36. The Morgan fingerprint density at radius 2 is 1.71 bits per heavy atom. The van der Waals surface area contributed by atoms with Crippen molar-refractivity contribution in [1.29, 1.82) is 0 Å². The zero-order chi connectivity index (χ0) is 15.1. The second-order valence-corrected chi connectivity index (χ2v) is 4.42. The van der Waals surface area contributed by atoms with Crippen molar-refractivity contribution >= 4 is 11.6 Å². The molecule has 1 heterocycles. The number of ketones is 2. The standard InChI is InChI=1S/C15H10FNO4/c1-20-10-6-8-12(15(17-10)21-2)13(18)7-4-3-5-9(16)11(7)14(8)19/h3-6H,1-2H3. The molecule has 6 heteroatoms. The number of fused-ring (bicyclic) bond motifs is 2. The molecule has 0 atom stereocenters. The Morgan fingerprint density at radius 1 is 1.00 bits per heavy atom. The first kappa shape index (κ1) is 13.2. The molecular formula is C15H10FNO4. The summed E-state index contributed by atoms with van der Waals surface area (Å²) in [5.74, 6) is -1.71. The molecule has 0 spiro atoms. The molecule has 0 amide bonds. The van der Waals surface area contributed by atoms with Crippen LogP contribution in [0.1, 0.15) is 31.8 Å². The van der Waals surface area contributed by atoms with Crippen molar-refractivity contribution in [2.75, 3.05) is 14.2 Å². The second-order valence-electron chi connectivity index (χ2n) is 4.42. The van der Waals surface area contributed by atoms with E-state index in [-0.39, 0.29) is 34.0 Å². The lowest BCUT2D eigenvalue weighted by molar-refractivity contribution is 0.0972. The van der Waals surface area contributed by atoms with Gasteiger partial charge in [-0.25, -0.2) is 4.39 Å². The van der Waals surface area contributed by atoms with E-state index in [4.69, 9.17) is 9.47 Å². The van der Waals surface area contributed by atoms with Crippen molar-refractivity contribution in [1.82, 2.24) is 4.98 Å². The molecule has 0 aliphatic heterocycles. The smallest absolute Gasteiger partial charge is 0.228 e. The Hall–Kier alpha value is -2.76. The highest BCUT2D eigenvalue weighted by atomic mass is 19.1. The molecule has 0 fully saturated rings. The van der Waals surface area contributed by atoms with Gasteiger partial charge in [0.1, 0.15) is 5.82 Å². The molecule has 3 rings (SSSR count). The average molecular weight is 287 g/mol. The van der Waals surface area contributed by atoms with Crippen molar-refractivity contribution in [3.05, 3.63) is 52.3 Å². The molecule has 106 valence electrons. The summed E-state index contributed by atoms with van der Waals surface area (Å²) in [7, 11) is 2.71. The van der Waals surface area contributed by atoms with Gasteiger partial charge in [-0.3, -0.25) is 9.59 Å². The van der Waals surface area contributed by atoms with Crippen LogP contribution in [0, 0.1) is 5.82 Å². The van der Waals surface area contributed by atoms with Crippen molar-refractivity contribution in [3.8, 4) is 11.8 Å². The number of halogens is 1. The van der Waals surface area contributed by atoms with Crippen LogP contribution in [0.5, 0.6) is 11.8 Å². The number of pyridine rings is 1. The fourth-order valence-electron chi connectivity index (χ4n) is 2.36. The maximum atomic E-state index is 13.9. The summed E-state index contributed by atoms with van der Waals surface area (Å²) in [4.78, 5) is 29.0. The summed E-state index contributed by atoms with van der Waals surface area (Å²) >= 11 is 0. The van der Waals surface area contributed by atoms with Crippen LogP contribution in [0.4, 0.5) is 4.39 Å². The van der Waals surface area contributed by atoms with Gasteiger partial charge in [-0.1, -0.05) is 12.1 Å². The van der Waals surface area contributed by atoms with E-state index in [1.54, 1.807) is 0 Å². The molecule has 1 aromatic carbocycles. The minimum absolute atomic E-state index is 0.0118. The summed E-state index contributed by atoms with van der Waals surface area (Å²) in [5, 5.41) is 0. The van der Waals surface area contributed by atoms with Crippen LogP contribution in [0.15, 0.2) is 24.3 Å². The summed E-state index contributed by atoms with van der Waals surface area (Å²) in [5.41, 5.74) is -0.161. The fraction of sp³-hybridized carbons (Fsp3) is 0.133. The van der Waals surface area contributed by atoms with E-state index < -0.39 is 17.4 Å². The third-order valence-electron chi connectivity index (χ3n) is 3.32. The van der Waals surface area contributed by atoms with Crippen LogP contribution in [0.25, 0.3) is 0 Å². The van der Waals surface area contributed by atoms with Gasteiger partial charge < -0.3 is 9.47 Å². The SMILES string of the molecule is COc1cc2c(c(OC)n1)C(=O)c1cccc(F)c1C2=O. The molecule has 0 N–H and O–H groups in total. The molecule has 5 nitrogen and oxygen atoms in total. The largest absolute Gasteiger partial charge is 0.481 e. The zero-order valence-electron chi connectivity index (χ0n) is 11.3. The molecule has 0 unspecified atom stereocenters. The molecular weight excluding hydrogens is 277 g/mol. The van der Waals surface area contributed by atoms with Crippen molar-refractivity contribution < 1.29 is 23.5 Å². The van der Waals surface area contributed by atoms with Crippen molar-refractivity contribution in [2.45, 2.75) is 0 Å². The van der Waals surface area contributed by atoms with Gasteiger partial charge in [-0.05, 0) is 6.07 Å². The molecule has 21 heavy (non-hydrogen) atoms. The van der Waals surface area contributed by atoms with Crippen LogP contribution in [-0.4, -0.2) is 30.8 Å². The lowest BCUT2D eigenvalue weighted by Crippen LogP contribution is -2.23. The number of hydrogen-bond donors (Lipinski definition) is 0. The molecule has 0 bridgehead atoms. The highest BCUT2D eigenvalue weighted by Crippen LogP contribution is 2.35. The molecule has 1 aliphatic rings. The van der Waals surface area contributed by atoms with Gasteiger partial charge in [0.2, 0.25) is 11.8 Å². The van der Waals surface area contributed by atoms with Gasteiger partial charge in [-0.2, -0.15) is 4.98 Å². The summed E-state index contributed by atoms with van der Waals surface area (Å²) in [6, 6.07) is 5.25. The monoisotopic (exact) mass is 287 g/mol. The van der Waals surface area contributed by atoms with E-state index in [0.717, 1.165) is 6.07 Å². The Morgan fingerprint density at radius 3 is 2.38 bits per heavy atom. The van der Waals surface area contributed by atoms with E-state index in [1.165, 1.54) is 32.4 Å². The van der Waals surface area contributed by atoms with E-state index in [1.807, 2.05) is 0 Å². The predicted octanol–water partition coefficient (Wildman–Crippen LogP) is 2.01. The maximum Gasteiger partial charge on any atom is 0.228 e. The molecule has 0 saturated heterocycles. The highest BCUT2D eigenvalue weighted by molar-refractivity contribution is 6.29.